The summed E-state index contributed by atoms with van der Waals surface area (Å²) in [6.07, 6.45) is 0.747. The molecule has 3 rings (SSSR count). The van der Waals surface area contributed by atoms with E-state index in [1.807, 2.05) is 11.4 Å². The third-order valence-corrected chi connectivity index (χ3v) is 7.66. The molecule has 0 N–H and O–H groups in total. The fourth-order valence-electron chi connectivity index (χ4n) is 2.60. The topological polar surface area (TPSA) is 55.8 Å². The average molecular weight is 418 g/mol. The molecule has 1 aliphatic rings. The van der Waals surface area contributed by atoms with Gasteiger partial charge in [0.05, 0.1) is 14.2 Å². The van der Waals surface area contributed by atoms with E-state index in [0.717, 1.165) is 12.0 Å². The van der Waals surface area contributed by atoms with Gasteiger partial charge in [0.25, 0.3) is 0 Å². The Morgan fingerprint density at radius 2 is 1.91 bits per heavy atom. The fraction of sp³-hybridized carbons (Fsp3) is 0.333. The largest absolute Gasteiger partial charge is 0.493 e. The number of methoxy groups -OCH3 is 2. The van der Waals surface area contributed by atoms with Crippen molar-refractivity contribution in [1.82, 2.24) is 4.31 Å². The van der Waals surface area contributed by atoms with Gasteiger partial charge < -0.3 is 9.47 Å². The Morgan fingerprint density at radius 3 is 2.61 bits per heavy atom. The third-order valence-electron chi connectivity index (χ3n) is 3.83. The molecule has 0 atom stereocenters. The van der Waals surface area contributed by atoms with E-state index in [1.165, 1.54) is 29.5 Å². The number of rotatable bonds is 4. The van der Waals surface area contributed by atoms with E-state index in [2.05, 4.69) is 15.9 Å². The van der Waals surface area contributed by atoms with Crippen LogP contribution in [0.3, 0.4) is 0 Å². The lowest BCUT2D eigenvalue weighted by atomic mass is 10.1. The van der Waals surface area contributed by atoms with E-state index in [9.17, 15) is 8.42 Å². The summed E-state index contributed by atoms with van der Waals surface area (Å²) < 4.78 is 38.4. The maximum Gasteiger partial charge on any atom is 0.244 e. The van der Waals surface area contributed by atoms with Crippen LogP contribution in [0.4, 0.5) is 0 Å². The molecule has 0 saturated carbocycles. The zero-order valence-corrected chi connectivity index (χ0v) is 15.9. The summed E-state index contributed by atoms with van der Waals surface area (Å²) in [7, 11) is -0.613. The van der Waals surface area contributed by atoms with Gasteiger partial charge in [-0.25, -0.2) is 8.42 Å². The first kappa shape index (κ1) is 16.8. The summed E-state index contributed by atoms with van der Waals surface area (Å²) in [4.78, 5) is 1.46. The van der Waals surface area contributed by atoms with E-state index >= 15 is 0 Å². The highest BCUT2D eigenvalue weighted by Crippen LogP contribution is 2.38. The van der Waals surface area contributed by atoms with Gasteiger partial charge in [-0.15, -0.1) is 11.3 Å². The van der Waals surface area contributed by atoms with E-state index < -0.39 is 10.0 Å². The van der Waals surface area contributed by atoms with Crippen molar-refractivity contribution in [3.63, 3.8) is 0 Å². The second-order valence-corrected chi connectivity index (χ2v) is 8.86. The van der Waals surface area contributed by atoms with Crippen LogP contribution in [0.15, 0.2) is 32.9 Å². The van der Waals surface area contributed by atoms with Crippen LogP contribution in [-0.4, -0.2) is 33.5 Å². The molecule has 1 aliphatic heterocycles. The minimum atomic E-state index is -3.62. The molecule has 0 spiro atoms. The van der Waals surface area contributed by atoms with Crippen molar-refractivity contribution in [2.45, 2.75) is 17.9 Å². The molecule has 0 aliphatic carbocycles. The molecule has 2 aromatic rings. The van der Waals surface area contributed by atoms with Gasteiger partial charge in [-0.3, -0.25) is 0 Å². The smallest absolute Gasteiger partial charge is 0.244 e. The van der Waals surface area contributed by atoms with Crippen molar-refractivity contribution in [3.8, 4) is 11.5 Å². The summed E-state index contributed by atoms with van der Waals surface area (Å²) >= 11 is 5.02. The van der Waals surface area contributed by atoms with Crippen LogP contribution in [0, 0.1) is 0 Å². The molecular formula is C15H16BrNO4S2. The van der Waals surface area contributed by atoms with E-state index in [-0.39, 0.29) is 4.90 Å². The molecule has 124 valence electrons. The van der Waals surface area contributed by atoms with Gasteiger partial charge in [0.2, 0.25) is 10.0 Å². The normalized spacial score (nSPS) is 15.3. The van der Waals surface area contributed by atoms with Crippen LogP contribution < -0.4 is 9.47 Å². The lowest BCUT2D eigenvalue weighted by molar-refractivity contribution is 0.352. The van der Waals surface area contributed by atoms with Gasteiger partial charge in [0.15, 0.2) is 11.5 Å². The van der Waals surface area contributed by atoms with Crippen molar-refractivity contribution in [2.24, 2.45) is 0 Å². The van der Waals surface area contributed by atoms with Gasteiger partial charge in [-0.2, -0.15) is 4.31 Å². The van der Waals surface area contributed by atoms with Crippen molar-refractivity contribution in [3.05, 3.63) is 38.5 Å². The number of nitrogens with zero attached hydrogens (tertiary/aromatic N) is 1. The minimum Gasteiger partial charge on any atom is -0.493 e. The van der Waals surface area contributed by atoms with Crippen LogP contribution in [0.25, 0.3) is 0 Å². The number of benzene rings is 1. The monoisotopic (exact) mass is 417 g/mol. The first-order valence-electron chi connectivity index (χ1n) is 6.94. The second-order valence-electron chi connectivity index (χ2n) is 5.10. The van der Waals surface area contributed by atoms with Gasteiger partial charge in [0.1, 0.15) is 4.90 Å². The molecule has 1 aromatic carbocycles. The Balaban J connectivity index is 2.00. The van der Waals surface area contributed by atoms with Crippen LogP contribution >= 0.6 is 27.3 Å². The molecule has 5 nitrogen and oxygen atoms in total. The lowest BCUT2D eigenvalue weighted by Gasteiger charge is -2.27. The maximum atomic E-state index is 13.0. The number of thiophene rings is 1. The zero-order valence-electron chi connectivity index (χ0n) is 12.7. The molecule has 23 heavy (non-hydrogen) atoms. The third kappa shape index (κ3) is 3.00. The molecular weight excluding hydrogens is 402 g/mol. The highest BCUT2D eigenvalue weighted by atomic mass is 79.9. The summed E-state index contributed by atoms with van der Waals surface area (Å²) in [5.74, 6) is 0.875. The van der Waals surface area contributed by atoms with Crippen LogP contribution in [0.1, 0.15) is 10.4 Å². The number of hydrogen-bond donors (Lipinski definition) is 0. The SMILES string of the molecule is COc1cc(Br)c(S(=O)(=O)N2CCc3sccc3C2)cc1OC. The predicted molar refractivity (Wildman–Crippen MR) is 92.9 cm³/mol. The molecule has 8 heteroatoms. The van der Waals surface area contributed by atoms with E-state index in [0.29, 0.717) is 29.1 Å². The fourth-order valence-corrected chi connectivity index (χ4v) is 5.91. The summed E-state index contributed by atoms with van der Waals surface area (Å²) in [6.45, 7) is 0.887. The van der Waals surface area contributed by atoms with Crippen LogP contribution in [-0.2, 0) is 23.0 Å². The Kier molecular flexibility index (Phi) is 4.68. The minimum absolute atomic E-state index is 0.189. The molecule has 0 radical (unpaired) electrons. The van der Waals surface area contributed by atoms with E-state index in [1.54, 1.807) is 17.4 Å². The first-order valence-corrected chi connectivity index (χ1v) is 10.1. The summed E-state index contributed by atoms with van der Waals surface area (Å²) in [6, 6.07) is 5.11. The van der Waals surface area contributed by atoms with Crippen molar-refractivity contribution in [1.29, 1.82) is 0 Å². The Bertz CT molecular complexity index is 832. The van der Waals surface area contributed by atoms with Crippen molar-refractivity contribution < 1.29 is 17.9 Å². The lowest BCUT2D eigenvalue weighted by Crippen LogP contribution is -2.35. The summed E-state index contributed by atoms with van der Waals surface area (Å²) in [5.41, 5.74) is 1.08. The maximum absolute atomic E-state index is 13.0. The molecule has 0 bridgehead atoms. The van der Waals surface area contributed by atoms with Gasteiger partial charge in [-0.1, -0.05) is 0 Å². The standard InChI is InChI=1S/C15H16BrNO4S2/c1-20-12-7-11(16)15(8-13(12)21-2)23(18,19)17-5-3-14-10(9-17)4-6-22-14/h4,6-8H,3,5,9H2,1-2H3. The Morgan fingerprint density at radius 1 is 1.22 bits per heavy atom. The first-order chi connectivity index (χ1) is 11.0. The average Bonchev–Trinajstić information content (AvgIpc) is 3.01. The van der Waals surface area contributed by atoms with E-state index in [4.69, 9.17) is 9.47 Å². The molecule has 0 amide bonds. The molecule has 0 unspecified atom stereocenters. The van der Waals surface area contributed by atoms with Crippen molar-refractivity contribution >= 4 is 37.3 Å². The van der Waals surface area contributed by atoms with Crippen molar-refractivity contribution in [2.75, 3.05) is 20.8 Å². The molecule has 1 aromatic heterocycles. The number of ether oxygens (including phenoxy) is 2. The highest BCUT2D eigenvalue weighted by molar-refractivity contribution is 9.10. The quantitative estimate of drug-likeness (QED) is 0.765. The van der Waals surface area contributed by atoms with Crippen LogP contribution in [0.2, 0.25) is 0 Å². The number of sulfonamides is 1. The number of halogens is 1. The van der Waals surface area contributed by atoms with Gasteiger partial charge in [0, 0.05) is 28.5 Å². The Hall–Kier alpha value is -1.09. The summed E-state index contributed by atoms with van der Waals surface area (Å²) in [5, 5.41) is 2.01. The highest BCUT2D eigenvalue weighted by Gasteiger charge is 2.31. The van der Waals surface area contributed by atoms with Crippen LogP contribution in [0.5, 0.6) is 11.5 Å². The predicted octanol–water partition coefficient (Wildman–Crippen LogP) is 3.27. The number of hydrogen-bond acceptors (Lipinski definition) is 5. The molecule has 0 fully saturated rings. The van der Waals surface area contributed by atoms with Gasteiger partial charge in [-0.05, 0) is 45.4 Å². The second kappa shape index (κ2) is 6.43. The Labute approximate surface area is 148 Å². The van der Waals surface area contributed by atoms with Gasteiger partial charge >= 0.3 is 0 Å². The molecule has 0 saturated heterocycles. The molecule has 2 heterocycles. The number of fused-ring (bicyclic) bond motifs is 1. The zero-order chi connectivity index (χ0) is 16.6.